The zero-order valence-electron chi connectivity index (χ0n) is 11.8. The van der Waals surface area contributed by atoms with Crippen molar-refractivity contribution in [2.75, 3.05) is 33.5 Å². The maximum Gasteiger partial charge on any atom is 0.333 e. The lowest BCUT2D eigenvalue weighted by molar-refractivity contribution is -0.139. The Morgan fingerprint density at radius 3 is 2.10 bits per heavy atom. The van der Waals surface area contributed by atoms with Crippen LogP contribution in [0.5, 0.6) is 0 Å². The summed E-state index contributed by atoms with van der Waals surface area (Å²) in [6.07, 6.45) is 1.25. The molecule has 1 rings (SSSR count). The summed E-state index contributed by atoms with van der Waals surface area (Å²) in [5, 5.41) is 15.2. The Morgan fingerprint density at radius 1 is 1.40 bits per heavy atom. The number of rotatable bonds is 5. The fraction of sp³-hybridized carbons (Fsp3) is 0.538. The predicted octanol–water partition coefficient (Wildman–Crippen LogP) is -0.179. The lowest BCUT2D eigenvalue weighted by Gasteiger charge is -1.99. The number of epoxide rings is 1. The molecule has 0 bridgehead atoms. The Kier molecular flexibility index (Phi) is 14.1. The van der Waals surface area contributed by atoms with E-state index in [1.165, 1.54) is 7.11 Å². The molecule has 0 aromatic rings. The van der Waals surface area contributed by atoms with Crippen LogP contribution in [-0.4, -0.2) is 61.8 Å². The lowest BCUT2D eigenvalue weighted by atomic mass is 10.4. The molecule has 0 radical (unpaired) electrons. The number of carbonyl (C=O) groups excluding carboxylic acids is 2. The Hall–Kier alpha value is -1.70. The summed E-state index contributed by atoms with van der Waals surface area (Å²) >= 11 is 0. The van der Waals surface area contributed by atoms with Crippen LogP contribution in [0.25, 0.3) is 0 Å². The molecule has 1 heterocycles. The number of hydrogen-bond acceptors (Lipinski definition) is 7. The largest absolute Gasteiger partial charge is 0.466 e. The second kappa shape index (κ2) is 13.7. The minimum absolute atomic E-state index is 0.125. The first-order chi connectivity index (χ1) is 9.42. The maximum atomic E-state index is 10.7. The van der Waals surface area contributed by atoms with E-state index < -0.39 is 5.97 Å². The molecule has 1 atom stereocenters. The average Bonchev–Trinajstić information content (AvgIpc) is 3.28. The van der Waals surface area contributed by atoms with Gasteiger partial charge in [-0.05, 0) is 6.92 Å². The van der Waals surface area contributed by atoms with Crippen LogP contribution in [0, 0.1) is 0 Å². The SMILES string of the molecule is C=C(C)C(=O)OCC1CO1.C=CC(=O)OC.OCCO. The van der Waals surface area contributed by atoms with E-state index in [1.807, 2.05) is 0 Å². The monoisotopic (exact) mass is 290 g/mol. The lowest BCUT2D eigenvalue weighted by Crippen LogP contribution is -2.09. The van der Waals surface area contributed by atoms with Crippen LogP contribution < -0.4 is 0 Å². The van der Waals surface area contributed by atoms with Crippen LogP contribution in [0.4, 0.5) is 0 Å². The van der Waals surface area contributed by atoms with E-state index in [9.17, 15) is 9.59 Å². The molecule has 1 fully saturated rings. The van der Waals surface area contributed by atoms with Gasteiger partial charge in [-0.15, -0.1) is 0 Å². The van der Waals surface area contributed by atoms with E-state index >= 15 is 0 Å². The van der Waals surface area contributed by atoms with Crippen LogP contribution >= 0.6 is 0 Å². The van der Waals surface area contributed by atoms with E-state index in [-0.39, 0.29) is 25.3 Å². The van der Waals surface area contributed by atoms with Crippen molar-refractivity contribution in [1.82, 2.24) is 0 Å². The summed E-state index contributed by atoms with van der Waals surface area (Å²) in [7, 11) is 1.31. The second-order valence-electron chi connectivity index (χ2n) is 3.51. The summed E-state index contributed by atoms with van der Waals surface area (Å²) in [6.45, 7) is 9.04. The van der Waals surface area contributed by atoms with Crippen molar-refractivity contribution in [3.8, 4) is 0 Å². The summed E-state index contributed by atoms with van der Waals surface area (Å²) in [5.41, 5.74) is 0.431. The van der Waals surface area contributed by atoms with Gasteiger partial charge in [-0.2, -0.15) is 0 Å². The van der Waals surface area contributed by atoms with Gasteiger partial charge < -0.3 is 24.4 Å². The molecule has 1 unspecified atom stereocenters. The molecule has 1 saturated heterocycles. The number of aliphatic hydroxyl groups excluding tert-OH is 2. The average molecular weight is 290 g/mol. The minimum Gasteiger partial charge on any atom is -0.466 e. The van der Waals surface area contributed by atoms with Crippen molar-refractivity contribution < 1.29 is 34.0 Å². The third kappa shape index (κ3) is 16.3. The van der Waals surface area contributed by atoms with Gasteiger partial charge in [0.05, 0.1) is 26.9 Å². The third-order valence-electron chi connectivity index (χ3n) is 1.62. The molecule has 1 aliphatic heterocycles. The van der Waals surface area contributed by atoms with Gasteiger partial charge in [0, 0.05) is 11.6 Å². The predicted molar refractivity (Wildman–Crippen MR) is 71.9 cm³/mol. The molecule has 1 aliphatic rings. The molecule has 0 saturated carbocycles. The molecular weight excluding hydrogens is 268 g/mol. The number of ether oxygens (including phenoxy) is 3. The fourth-order valence-electron chi connectivity index (χ4n) is 0.539. The summed E-state index contributed by atoms with van der Waals surface area (Å²) in [5.74, 6) is -0.731. The van der Waals surface area contributed by atoms with Crippen molar-refractivity contribution in [2.45, 2.75) is 13.0 Å². The highest BCUT2D eigenvalue weighted by Crippen LogP contribution is 2.09. The second-order valence-corrected chi connectivity index (χ2v) is 3.51. The molecule has 7 heteroatoms. The van der Waals surface area contributed by atoms with Crippen LogP contribution in [0.15, 0.2) is 24.8 Å². The molecule has 7 nitrogen and oxygen atoms in total. The Morgan fingerprint density at radius 2 is 1.90 bits per heavy atom. The van der Waals surface area contributed by atoms with Gasteiger partial charge in [-0.1, -0.05) is 13.2 Å². The van der Waals surface area contributed by atoms with E-state index in [4.69, 9.17) is 19.7 Å². The number of esters is 2. The first-order valence-corrected chi connectivity index (χ1v) is 5.79. The number of carbonyl (C=O) groups is 2. The molecular formula is C13H22O7. The topological polar surface area (TPSA) is 106 Å². The molecule has 0 amide bonds. The summed E-state index contributed by atoms with van der Waals surface area (Å²) in [4.78, 5) is 20.5. The van der Waals surface area contributed by atoms with Gasteiger partial charge in [-0.25, -0.2) is 9.59 Å². The van der Waals surface area contributed by atoms with Gasteiger partial charge in [-0.3, -0.25) is 0 Å². The first kappa shape index (κ1) is 20.6. The van der Waals surface area contributed by atoms with Crippen LogP contribution in [0.2, 0.25) is 0 Å². The highest BCUT2D eigenvalue weighted by atomic mass is 16.6. The zero-order valence-corrected chi connectivity index (χ0v) is 11.8. The highest BCUT2D eigenvalue weighted by Gasteiger charge is 2.24. The molecule has 116 valence electrons. The summed E-state index contributed by atoms with van der Waals surface area (Å²) in [6, 6.07) is 0. The quantitative estimate of drug-likeness (QED) is 0.411. The molecule has 0 aliphatic carbocycles. The number of aliphatic hydroxyl groups is 2. The van der Waals surface area contributed by atoms with Crippen molar-refractivity contribution in [1.29, 1.82) is 0 Å². The zero-order chi connectivity index (χ0) is 16.0. The van der Waals surface area contributed by atoms with Gasteiger partial charge in [0.1, 0.15) is 12.7 Å². The molecule has 0 spiro atoms. The van der Waals surface area contributed by atoms with E-state index in [0.29, 0.717) is 18.8 Å². The van der Waals surface area contributed by atoms with E-state index in [1.54, 1.807) is 6.92 Å². The van der Waals surface area contributed by atoms with Gasteiger partial charge in [0.25, 0.3) is 0 Å². The number of methoxy groups -OCH3 is 1. The Labute approximate surface area is 118 Å². The standard InChI is InChI=1S/C7H10O3.C4H6O2.C2H6O2/c1-5(2)7(8)10-4-6-3-9-6;1-3-4(5)6-2;3-1-2-4/h6H,1,3-4H2,2H3;3H,1H2,2H3;3-4H,1-2H2. The number of hydrogen-bond donors (Lipinski definition) is 2. The highest BCUT2D eigenvalue weighted by molar-refractivity contribution is 5.86. The van der Waals surface area contributed by atoms with Crippen molar-refractivity contribution in [3.05, 3.63) is 24.8 Å². The van der Waals surface area contributed by atoms with Crippen LogP contribution in [0.3, 0.4) is 0 Å². The normalized spacial score (nSPS) is 14.5. The molecule has 0 aromatic heterocycles. The van der Waals surface area contributed by atoms with Gasteiger partial charge >= 0.3 is 11.9 Å². The Bertz CT molecular complexity index is 306. The first-order valence-electron chi connectivity index (χ1n) is 5.79. The molecule has 20 heavy (non-hydrogen) atoms. The van der Waals surface area contributed by atoms with Crippen molar-refractivity contribution >= 4 is 11.9 Å². The molecule has 0 aromatic carbocycles. The van der Waals surface area contributed by atoms with Crippen molar-refractivity contribution in [3.63, 3.8) is 0 Å². The molecule has 2 N–H and O–H groups in total. The maximum absolute atomic E-state index is 10.7. The Balaban J connectivity index is 0. The van der Waals surface area contributed by atoms with Crippen LogP contribution in [-0.2, 0) is 23.8 Å². The smallest absolute Gasteiger partial charge is 0.333 e. The van der Waals surface area contributed by atoms with Gasteiger partial charge in [0.2, 0.25) is 0 Å². The third-order valence-corrected chi connectivity index (χ3v) is 1.62. The van der Waals surface area contributed by atoms with E-state index in [2.05, 4.69) is 17.9 Å². The fourth-order valence-corrected chi connectivity index (χ4v) is 0.539. The minimum atomic E-state index is -0.394. The summed E-state index contributed by atoms with van der Waals surface area (Å²) < 4.78 is 13.7. The van der Waals surface area contributed by atoms with Crippen LogP contribution in [0.1, 0.15) is 6.92 Å². The van der Waals surface area contributed by atoms with E-state index in [0.717, 1.165) is 6.08 Å². The van der Waals surface area contributed by atoms with Gasteiger partial charge in [0.15, 0.2) is 0 Å². The van der Waals surface area contributed by atoms with Crippen molar-refractivity contribution in [2.24, 2.45) is 0 Å².